The Bertz CT molecular complexity index is 681. The van der Waals surface area contributed by atoms with Gasteiger partial charge < -0.3 is 20.4 Å². The van der Waals surface area contributed by atoms with E-state index in [9.17, 15) is 9.59 Å². The predicted molar refractivity (Wildman–Crippen MR) is 127 cm³/mol. The Labute approximate surface area is 191 Å². The number of carbonyl (C=O) groups is 2. The summed E-state index contributed by atoms with van der Waals surface area (Å²) in [5, 5.41) is 6.55. The highest BCUT2D eigenvalue weighted by atomic mass is 127. The molecule has 1 atom stereocenters. The topological polar surface area (TPSA) is 77.0 Å². The Balaban J connectivity index is 0.00000420. The number of amides is 2. The van der Waals surface area contributed by atoms with Gasteiger partial charge in [0.15, 0.2) is 5.96 Å². The molecule has 1 fully saturated rings. The molecule has 1 heterocycles. The number of aliphatic imine (C=N–C) groups is 1. The largest absolute Gasteiger partial charge is 0.356 e. The molecule has 7 nitrogen and oxygen atoms in total. The fraction of sp³-hybridized carbons (Fsp3) is 0.571. The molecular weight excluding hydrogens is 481 g/mol. The number of nitrogens with zero attached hydrogens (tertiary/aromatic N) is 3. The summed E-state index contributed by atoms with van der Waals surface area (Å²) in [7, 11) is 3.53. The molecule has 1 aliphatic heterocycles. The van der Waals surface area contributed by atoms with Crippen LogP contribution >= 0.6 is 24.0 Å². The van der Waals surface area contributed by atoms with Gasteiger partial charge in [0, 0.05) is 58.7 Å². The van der Waals surface area contributed by atoms with Crippen molar-refractivity contribution in [2.45, 2.75) is 39.3 Å². The average molecular weight is 515 g/mol. The lowest BCUT2D eigenvalue weighted by Crippen LogP contribution is -2.46. The molecule has 29 heavy (non-hydrogen) atoms. The molecule has 162 valence electrons. The zero-order valence-corrected chi connectivity index (χ0v) is 20.2. The van der Waals surface area contributed by atoms with E-state index in [0.29, 0.717) is 32.0 Å². The van der Waals surface area contributed by atoms with E-state index in [-0.39, 0.29) is 47.8 Å². The van der Waals surface area contributed by atoms with E-state index in [4.69, 9.17) is 0 Å². The molecule has 1 unspecified atom stereocenters. The summed E-state index contributed by atoms with van der Waals surface area (Å²) in [6.45, 7) is 6.43. The summed E-state index contributed by atoms with van der Waals surface area (Å²) in [6, 6.07) is 10.1. The second kappa shape index (κ2) is 12.7. The second-order valence-electron chi connectivity index (χ2n) is 7.55. The van der Waals surface area contributed by atoms with Crippen LogP contribution in [-0.4, -0.2) is 67.3 Å². The molecule has 2 N–H and O–H groups in total. The molecule has 0 radical (unpaired) electrons. The molecular formula is C21H34IN5O2. The Kier molecular flexibility index (Phi) is 11.0. The molecule has 0 aromatic heterocycles. The van der Waals surface area contributed by atoms with Gasteiger partial charge >= 0.3 is 0 Å². The SMILES string of the molecule is CN=C(NCCC(=O)N(C)Cc1ccccc1)NC1CCN(C(=O)C(C)C)C1.I. The fourth-order valence-corrected chi connectivity index (χ4v) is 3.26. The van der Waals surface area contributed by atoms with E-state index in [1.54, 1.807) is 11.9 Å². The van der Waals surface area contributed by atoms with Crippen LogP contribution < -0.4 is 10.6 Å². The fourth-order valence-electron chi connectivity index (χ4n) is 3.26. The van der Waals surface area contributed by atoms with Crippen molar-refractivity contribution in [3.8, 4) is 0 Å². The normalized spacial score (nSPS) is 16.4. The van der Waals surface area contributed by atoms with Crippen LogP contribution in [0, 0.1) is 5.92 Å². The predicted octanol–water partition coefficient (Wildman–Crippen LogP) is 2.07. The highest BCUT2D eigenvalue weighted by Crippen LogP contribution is 2.12. The number of halogens is 1. The van der Waals surface area contributed by atoms with Gasteiger partial charge in [-0.25, -0.2) is 0 Å². The van der Waals surface area contributed by atoms with Crippen molar-refractivity contribution in [2.75, 3.05) is 33.7 Å². The van der Waals surface area contributed by atoms with E-state index < -0.39 is 0 Å². The van der Waals surface area contributed by atoms with Crippen LogP contribution in [0.1, 0.15) is 32.3 Å². The van der Waals surface area contributed by atoms with Crippen LogP contribution in [0.3, 0.4) is 0 Å². The third-order valence-electron chi connectivity index (χ3n) is 4.88. The van der Waals surface area contributed by atoms with E-state index >= 15 is 0 Å². The Morgan fingerprint density at radius 1 is 1.28 bits per heavy atom. The average Bonchev–Trinajstić information content (AvgIpc) is 3.15. The van der Waals surface area contributed by atoms with Gasteiger partial charge in [0.2, 0.25) is 11.8 Å². The summed E-state index contributed by atoms with van der Waals surface area (Å²) in [6.07, 6.45) is 1.30. The quantitative estimate of drug-likeness (QED) is 0.331. The molecule has 1 aromatic carbocycles. The van der Waals surface area contributed by atoms with Crippen molar-refractivity contribution in [2.24, 2.45) is 10.9 Å². The summed E-state index contributed by atoms with van der Waals surface area (Å²) < 4.78 is 0. The maximum atomic E-state index is 12.3. The van der Waals surface area contributed by atoms with Gasteiger partial charge in [-0.3, -0.25) is 14.6 Å². The Morgan fingerprint density at radius 3 is 2.59 bits per heavy atom. The Morgan fingerprint density at radius 2 is 1.97 bits per heavy atom. The first kappa shape index (κ1) is 25.2. The van der Waals surface area contributed by atoms with Crippen molar-refractivity contribution in [1.82, 2.24) is 20.4 Å². The minimum Gasteiger partial charge on any atom is -0.356 e. The van der Waals surface area contributed by atoms with E-state index in [2.05, 4.69) is 15.6 Å². The zero-order chi connectivity index (χ0) is 20.5. The standard InChI is InChI=1S/C21H33N5O2.HI/c1-16(2)20(28)26-13-11-18(15-26)24-21(22-3)23-12-10-19(27)25(4)14-17-8-6-5-7-9-17;/h5-9,16,18H,10-15H2,1-4H3,(H2,22,23,24);1H. The molecule has 0 bridgehead atoms. The van der Waals surface area contributed by atoms with Crippen LogP contribution in [0.2, 0.25) is 0 Å². The third kappa shape index (κ3) is 8.20. The molecule has 0 spiro atoms. The lowest BCUT2D eigenvalue weighted by molar-refractivity contribution is -0.133. The zero-order valence-electron chi connectivity index (χ0n) is 17.9. The highest BCUT2D eigenvalue weighted by molar-refractivity contribution is 14.0. The number of hydrogen-bond donors (Lipinski definition) is 2. The maximum Gasteiger partial charge on any atom is 0.225 e. The first-order chi connectivity index (χ1) is 13.4. The number of nitrogens with one attached hydrogen (secondary N) is 2. The molecule has 0 saturated carbocycles. The van der Waals surface area contributed by atoms with E-state index in [0.717, 1.165) is 18.5 Å². The van der Waals surface area contributed by atoms with Crippen LogP contribution in [0.25, 0.3) is 0 Å². The second-order valence-corrected chi connectivity index (χ2v) is 7.55. The van der Waals surface area contributed by atoms with Gasteiger partial charge in [-0.1, -0.05) is 44.2 Å². The van der Waals surface area contributed by atoms with Gasteiger partial charge in [0.25, 0.3) is 0 Å². The summed E-state index contributed by atoms with van der Waals surface area (Å²) in [5.41, 5.74) is 1.12. The highest BCUT2D eigenvalue weighted by Gasteiger charge is 2.27. The molecule has 0 aliphatic carbocycles. The number of carbonyl (C=O) groups excluding carboxylic acids is 2. The molecule has 1 aliphatic rings. The molecule has 1 saturated heterocycles. The number of hydrogen-bond acceptors (Lipinski definition) is 3. The first-order valence-electron chi connectivity index (χ1n) is 9.94. The van der Waals surface area contributed by atoms with Crippen molar-refractivity contribution in [3.63, 3.8) is 0 Å². The molecule has 1 aromatic rings. The number of likely N-dealkylation sites (tertiary alicyclic amines) is 1. The summed E-state index contributed by atoms with van der Waals surface area (Å²) in [4.78, 5) is 32.3. The lowest BCUT2D eigenvalue weighted by Gasteiger charge is -2.21. The summed E-state index contributed by atoms with van der Waals surface area (Å²) >= 11 is 0. The van der Waals surface area contributed by atoms with Gasteiger partial charge in [-0.05, 0) is 12.0 Å². The van der Waals surface area contributed by atoms with E-state index in [1.807, 2.05) is 56.1 Å². The van der Waals surface area contributed by atoms with Gasteiger partial charge in [-0.2, -0.15) is 0 Å². The maximum absolute atomic E-state index is 12.3. The molecule has 2 rings (SSSR count). The van der Waals surface area contributed by atoms with Crippen LogP contribution in [0.5, 0.6) is 0 Å². The smallest absolute Gasteiger partial charge is 0.225 e. The summed E-state index contributed by atoms with van der Waals surface area (Å²) in [5.74, 6) is 0.970. The number of guanidine groups is 1. The van der Waals surface area contributed by atoms with Gasteiger partial charge in [-0.15, -0.1) is 24.0 Å². The molecule has 2 amide bonds. The number of rotatable bonds is 7. The lowest BCUT2D eigenvalue weighted by atomic mass is 10.2. The van der Waals surface area contributed by atoms with Gasteiger partial charge in [0.05, 0.1) is 0 Å². The monoisotopic (exact) mass is 515 g/mol. The minimum absolute atomic E-state index is 0. The third-order valence-corrected chi connectivity index (χ3v) is 4.88. The molecule has 8 heteroatoms. The minimum atomic E-state index is 0. The van der Waals surface area contributed by atoms with Crippen molar-refractivity contribution >= 4 is 41.8 Å². The van der Waals surface area contributed by atoms with Crippen molar-refractivity contribution < 1.29 is 9.59 Å². The Hall–Kier alpha value is -1.84. The van der Waals surface area contributed by atoms with Crippen molar-refractivity contribution in [3.05, 3.63) is 35.9 Å². The van der Waals surface area contributed by atoms with E-state index in [1.165, 1.54) is 0 Å². The van der Waals surface area contributed by atoms with Gasteiger partial charge in [0.1, 0.15) is 0 Å². The van der Waals surface area contributed by atoms with Crippen LogP contribution in [0.4, 0.5) is 0 Å². The van der Waals surface area contributed by atoms with Crippen LogP contribution in [-0.2, 0) is 16.1 Å². The van der Waals surface area contributed by atoms with Crippen LogP contribution in [0.15, 0.2) is 35.3 Å². The number of benzene rings is 1. The first-order valence-corrected chi connectivity index (χ1v) is 9.94. The van der Waals surface area contributed by atoms with Crippen molar-refractivity contribution in [1.29, 1.82) is 0 Å².